The third-order valence-corrected chi connectivity index (χ3v) is 3.08. The summed E-state index contributed by atoms with van der Waals surface area (Å²) in [6.07, 6.45) is 0. The van der Waals surface area contributed by atoms with Crippen LogP contribution in [0.4, 0.5) is 0 Å². The Kier molecular flexibility index (Phi) is 2.04. The molecule has 1 aromatic heterocycles. The van der Waals surface area contributed by atoms with Gasteiger partial charge in [0.2, 0.25) is 0 Å². The summed E-state index contributed by atoms with van der Waals surface area (Å²) in [5, 5.41) is 12.2. The minimum absolute atomic E-state index is 0.827. The zero-order valence-corrected chi connectivity index (χ0v) is 9.90. The maximum atomic E-state index is 10.0. The number of para-hydroxylation sites is 1. The Morgan fingerprint density at radius 1 is 0.941 bits per heavy atom. The normalized spacial score (nSPS) is 12.4. The number of hydrogen-bond donors (Lipinski definition) is 1. The van der Waals surface area contributed by atoms with Gasteiger partial charge in [0.25, 0.3) is 0 Å². The van der Waals surface area contributed by atoms with Crippen LogP contribution in [-0.2, 0) is 5.60 Å². The van der Waals surface area contributed by atoms with E-state index in [0.29, 0.717) is 0 Å². The summed E-state index contributed by atoms with van der Waals surface area (Å²) in [6.45, 7) is 3.58. The monoisotopic (exact) mass is 226 g/mol. The average molecular weight is 226 g/mol. The lowest BCUT2D eigenvalue weighted by Gasteiger charge is -2.17. The first-order chi connectivity index (χ1) is 8.05. The van der Waals surface area contributed by atoms with Gasteiger partial charge in [-0.15, -0.1) is 0 Å². The smallest absolute Gasteiger partial charge is 0.135 e. The van der Waals surface area contributed by atoms with Crippen molar-refractivity contribution < 1.29 is 9.52 Å². The van der Waals surface area contributed by atoms with E-state index in [1.807, 2.05) is 42.5 Å². The predicted molar refractivity (Wildman–Crippen MR) is 69.0 cm³/mol. The summed E-state index contributed by atoms with van der Waals surface area (Å²) >= 11 is 0. The van der Waals surface area contributed by atoms with Crippen LogP contribution in [0.3, 0.4) is 0 Å². The molecule has 0 fully saturated rings. The van der Waals surface area contributed by atoms with E-state index in [0.717, 1.165) is 27.5 Å². The summed E-state index contributed by atoms with van der Waals surface area (Å²) in [4.78, 5) is 0. The van der Waals surface area contributed by atoms with Gasteiger partial charge in [0, 0.05) is 10.8 Å². The molecule has 0 amide bonds. The van der Waals surface area contributed by atoms with Gasteiger partial charge in [-0.05, 0) is 37.6 Å². The molecule has 3 aromatic rings. The first-order valence-corrected chi connectivity index (χ1v) is 5.70. The molecule has 1 N–H and O–H groups in total. The highest BCUT2D eigenvalue weighted by Crippen LogP contribution is 2.31. The minimum atomic E-state index is -0.827. The van der Waals surface area contributed by atoms with Crippen LogP contribution in [0.25, 0.3) is 21.9 Å². The molecule has 0 bridgehead atoms. The summed E-state index contributed by atoms with van der Waals surface area (Å²) in [5.41, 5.74) is 1.82. The van der Waals surface area contributed by atoms with Crippen LogP contribution in [-0.4, -0.2) is 5.11 Å². The quantitative estimate of drug-likeness (QED) is 0.684. The van der Waals surface area contributed by atoms with Gasteiger partial charge in [-0.2, -0.15) is 0 Å². The Morgan fingerprint density at radius 3 is 2.41 bits per heavy atom. The molecule has 0 aliphatic heterocycles. The molecule has 1 heterocycles. The van der Waals surface area contributed by atoms with E-state index in [-0.39, 0.29) is 0 Å². The van der Waals surface area contributed by atoms with E-state index in [2.05, 4.69) is 0 Å². The molecule has 0 aliphatic rings. The predicted octanol–water partition coefficient (Wildman–Crippen LogP) is 3.81. The molecule has 17 heavy (non-hydrogen) atoms. The molecular formula is C15H14O2. The molecule has 0 saturated carbocycles. The van der Waals surface area contributed by atoms with Crippen LogP contribution in [0.1, 0.15) is 19.4 Å². The summed E-state index contributed by atoms with van der Waals surface area (Å²) in [5.74, 6) is 0. The standard InChI is InChI=1S/C15H14O2/c1-15(2,16)10-7-8-14-12(9-10)11-5-3-4-6-13(11)17-14/h3-9,16H,1-2H3. The molecule has 0 atom stereocenters. The topological polar surface area (TPSA) is 33.4 Å². The second-order valence-corrected chi connectivity index (χ2v) is 4.87. The molecule has 2 aromatic carbocycles. The fourth-order valence-electron chi connectivity index (χ4n) is 2.11. The van der Waals surface area contributed by atoms with Crippen LogP contribution in [0.2, 0.25) is 0 Å². The maximum absolute atomic E-state index is 10.0. The van der Waals surface area contributed by atoms with Crippen molar-refractivity contribution in [2.75, 3.05) is 0 Å². The highest BCUT2D eigenvalue weighted by atomic mass is 16.3. The number of fused-ring (bicyclic) bond motifs is 3. The highest BCUT2D eigenvalue weighted by molar-refractivity contribution is 6.05. The van der Waals surface area contributed by atoms with Crippen molar-refractivity contribution in [2.24, 2.45) is 0 Å². The SMILES string of the molecule is CC(C)(O)c1ccc2oc3ccccc3c2c1. The van der Waals surface area contributed by atoms with Gasteiger partial charge in [-0.1, -0.05) is 24.3 Å². The van der Waals surface area contributed by atoms with Crippen LogP contribution < -0.4 is 0 Å². The molecule has 0 saturated heterocycles. The first-order valence-electron chi connectivity index (χ1n) is 5.70. The van der Waals surface area contributed by atoms with E-state index < -0.39 is 5.60 Å². The number of furan rings is 1. The van der Waals surface area contributed by atoms with E-state index in [9.17, 15) is 5.11 Å². The van der Waals surface area contributed by atoms with Crippen molar-refractivity contribution in [2.45, 2.75) is 19.4 Å². The van der Waals surface area contributed by atoms with Crippen LogP contribution in [0.15, 0.2) is 46.9 Å². The second kappa shape index (κ2) is 3.34. The first kappa shape index (κ1) is 10.4. The van der Waals surface area contributed by atoms with Gasteiger partial charge in [0.05, 0.1) is 5.60 Å². The number of aliphatic hydroxyl groups is 1. The van der Waals surface area contributed by atoms with Gasteiger partial charge in [-0.3, -0.25) is 0 Å². The van der Waals surface area contributed by atoms with E-state index >= 15 is 0 Å². The summed E-state index contributed by atoms with van der Waals surface area (Å²) in [6, 6.07) is 13.8. The van der Waals surface area contributed by atoms with Crippen molar-refractivity contribution in [1.29, 1.82) is 0 Å². The molecule has 3 rings (SSSR count). The zero-order valence-electron chi connectivity index (χ0n) is 9.90. The Balaban J connectivity index is 2.38. The average Bonchev–Trinajstić information content (AvgIpc) is 2.65. The number of benzene rings is 2. The largest absolute Gasteiger partial charge is 0.456 e. The van der Waals surface area contributed by atoms with Gasteiger partial charge in [-0.25, -0.2) is 0 Å². The van der Waals surface area contributed by atoms with Crippen molar-refractivity contribution in [3.8, 4) is 0 Å². The highest BCUT2D eigenvalue weighted by Gasteiger charge is 2.17. The molecular weight excluding hydrogens is 212 g/mol. The molecule has 0 radical (unpaired) electrons. The number of rotatable bonds is 1. The fourth-order valence-corrected chi connectivity index (χ4v) is 2.11. The summed E-state index contributed by atoms with van der Waals surface area (Å²) in [7, 11) is 0. The Bertz CT molecular complexity index is 687. The van der Waals surface area contributed by atoms with Crippen molar-refractivity contribution >= 4 is 21.9 Å². The molecule has 2 heteroatoms. The lowest BCUT2D eigenvalue weighted by atomic mass is 9.97. The van der Waals surface area contributed by atoms with Gasteiger partial charge in [0.1, 0.15) is 11.2 Å². The van der Waals surface area contributed by atoms with Crippen LogP contribution >= 0.6 is 0 Å². The zero-order chi connectivity index (χ0) is 12.0. The third-order valence-electron chi connectivity index (χ3n) is 3.08. The van der Waals surface area contributed by atoms with E-state index in [4.69, 9.17) is 4.42 Å². The molecule has 0 spiro atoms. The molecule has 0 aliphatic carbocycles. The lowest BCUT2D eigenvalue weighted by molar-refractivity contribution is 0.0787. The minimum Gasteiger partial charge on any atom is -0.456 e. The van der Waals surface area contributed by atoms with E-state index in [1.54, 1.807) is 13.8 Å². The van der Waals surface area contributed by atoms with Crippen LogP contribution in [0.5, 0.6) is 0 Å². The van der Waals surface area contributed by atoms with Crippen molar-refractivity contribution in [3.63, 3.8) is 0 Å². The molecule has 0 unspecified atom stereocenters. The fraction of sp³-hybridized carbons (Fsp3) is 0.200. The van der Waals surface area contributed by atoms with Crippen LogP contribution in [0, 0.1) is 0 Å². The number of hydrogen-bond acceptors (Lipinski definition) is 2. The Hall–Kier alpha value is -1.80. The van der Waals surface area contributed by atoms with Crippen molar-refractivity contribution in [3.05, 3.63) is 48.0 Å². The second-order valence-electron chi connectivity index (χ2n) is 4.87. The van der Waals surface area contributed by atoms with Gasteiger partial charge in [0.15, 0.2) is 0 Å². The van der Waals surface area contributed by atoms with Gasteiger partial charge < -0.3 is 9.52 Å². The third kappa shape index (κ3) is 1.61. The lowest BCUT2D eigenvalue weighted by Crippen LogP contribution is -2.14. The Morgan fingerprint density at radius 2 is 1.65 bits per heavy atom. The van der Waals surface area contributed by atoms with Crippen molar-refractivity contribution in [1.82, 2.24) is 0 Å². The molecule has 86 valence electrons. The van der Waals surface area contributed by atoms with E-state index in [1.165, 1.54) is 0 Å². The van der Waals surface area contributed by atoms with Gasteiger partial charge >= 0.3 is 0 Å². The Labute approximate surface area is 99.5 Å². The summed E-state index contributed by atoms with van der Waals surface area (Å²) < 4.78 is 5.74. The maximum Gasteiger partial charge on any atom is 0.135 e. The molecule has 2 nitrogen and oxygen atoms in total.